The Labute approximate surface area is 112 Å². The van der Waals surface area contributed by atoms with Gasteiger partial charge in [-0.1, -0.05) is 31.5 Å². The number of esters is 1. The number of halogens is 1. The van der Waals surface area contributed by atoms with Crippen LogP contribution in [0, 0.1) is 17.3 Å². The Bertz CT molecular complexity index is 404. The number of rotatable bonds is 3. The highest BCUT2D eigenvalue weighted by molar-refractivity contribution is 6.41. The highest BCUT2D eigenvalue weighted by Gasteiger charge is 2.57. The summed E-state index contributed by atoms with van der Waals surface area (Å²) in [7, 11) is 0. The molecule has 0 aromatic heterocycles. The topological polar surface area (TPSA) is 66.4 Å². The van der Waals surface area contributed by atoms with Crippen molar-refractivity contribution in [1.82, 2.24) is 0 Å². The first-order valence-electron chi connectivity index (χ1n) is 5.78. The fourth-order valence-electron chi connectivity index (χ4n) is 1.99. The van der Waals surface area contributed by atoms with Crippen LogP contribution < -0.4 is 5.11 Å². The van der Waals surface area contributed by atoms with Crippen LogP contribution in [0.5, 0.6) is 0 Å². The molecular weight excluding hydrogens is 256 g/mol. The molecule has 2 atom stereocenters. The summed E-state index contributed by atoms with van der Waals surface area (Å²) in [4.78, 5) is 22.5. The van der Waals surface area contributed by atoms with Gasteiger partial charge in [0.2, 0.25) is 0 Å². The second-order valence-corrected chi connectivity index (χ2v) is 6.57. The second-order valence-electron chi connectivity index (χ2n) is 6.16. The van der Waals surface area contributed by atoms with Gasteiger partial charge >= 0.3 is 5.97 Å². The zero-order valence-corrected chi connectivity index (χ0v) is 12.0. The van der Waals surface area contributed by atoms with E-state index in [2.05, 4.69) is 0 Å². The predicted octanol–water partition coefficient (Wildman–Crippen LogP) is 1.47. The molecule has 0 saturated heterocycles. The van der Waals surface area contributed by atoms with E-state index in [9.17, 15) is 14.7 Å². The third-order valence-corrected chi connectivity index (χ3v) is 3.36. The van der Waals surface area contributed by atoms with Crippen LogP contribution in [0.1, 0.15) is 34.6 Å². The van der Waals surface area contributed by atoms with Gasteiger partial charge in [-0.05, 0) is 32.1 Å². The molecule has 2 unspecified atom stereocenters. The minimum Gasteiger partial charge on any atom is -0.550 e. The van der Waals surface area contributed by atoms with Gasteiger partial charge < -0.3 is 14.6 Å². The average molecular weight is 274 g/mol. The lowest BCUT2D eigenvalue weighted by Gasteiger charge is -2.19. The fourth-order valence-corrected chi connectivity index (χ4v) is 2.17. The standard InChI is InChI=1S/C13H19ClO4/c1-12(2,3)18-11(17)8(14)6-7-9(10(15)16)13(7,4)5/h6-7,9H,1-5H3,(H,15,16)/p-1/b8-6+. The van der Waals surface area contributed by atoms with Crippen molar-refractivity contribution in [2.45, 2.75) is 40.2 Å². The summed E-state index contributed by atoms with van der Waals surface area (Å²) in [6.07, 6.45) is 1.45. The molecule has 0 N–H and O–H groups in total. The Morgan fingerprint density at radius 3 is 2.17 bits per heavy atom. The molecule has 4 nitrogen and oxygen atoms in total. The SMILES string of the molecule is CC(C)(C)OC(=O)/C(Cl)=C\C1C(C(=O)[O-])C1(C)C. The summed E-state index contributed by atoms with van der Waals surface area (Å²) in [5, 5.41) is 10.8. The monoisotopic (exact) mass is 273 g/mol. The average Bonchev–Trinajstić information content (AvgIpc) is 2.64. The maximum atomic E-state index is 11.6. The van der Waals surface area contributed by atoms with Gasteiger partial charge in [0.25, 0.3) is 0 Å². The lowest BCUT2D eigenvalue weighted by atomic mass is 10.1. The van der Waals surface area contributed by atoms with Crippen molar-refractivity contribution >= 4 is 23.5 Å². The van der Waals surface area contributed by atoms with E-state index >= 15 is 0 Å². The van der Waals surface area contributed by atoms with Crippen LogP contribution >= 0.6 is 11.6 Å². The zero-order chi connectivity index (χ0) is 14.3. The van der Waals surface area contributed by atoms with Crippen molar-refractivity contribution < 1.29 is 19.4 Å². The number of carbonyl (C=O) groups is 2. The lowest BCUT2D eigenvalue weighted by Crippen LogP contribution is -2.26. The molecule has 5 heteroatoms. The molecule has 0 bridgehead atoms. The first kappa shape index (κ1) is 15.0. The van der Waals surface area contributed by atoms with E-state index in [1.54, 1.807) is 34.6 Å². The van der Waals surface area contributed by atoms with Gasteiger partial charge in [0, 0.05) is 11.9 Å². The van der Waals surface area contributed by atoms with Crippen LogP contribution in [0.2, 0.25) is 0 Å². The quantitative estimate of drug-likeness (QED) is 0.577. The molecule has 18 heavy (non-hydrogen) atoms. The summed E-state index contributed by atoms with van der Waals surface area (Å²) >= 11 is 5.84. The molecule has 0 heterocycles. The Morgan fingerprint density at radius 1 is 1.33 bits per heavy atom. The minimum atomic E-state index is -1.12. The van der Waals surface area contributed by atoms with Crippen LogP contribution in [0.25, 0.3) is 0 Å². The van der Waals surface area contributed by atoms with Gasteiger partial charge in [-0.3, -0.25) is 0 Å². The van der Waals surface area contributed by atoms with Crippen molar-refractivity contribution in [2.24, 2.45) is 17.3 Å². The highest BCUT2D eigenvalue weighted by Crippen LogP contribution is 2.59. The minimum absolute atomic E-state index is 0.0771. The van der Waals surface area contributed by atoms with Gasteiger partial charge in [0.15, 0.2) is 0 Å². The Hall–Kier alpha value is -1.03. The molecule has 0 amide bonds. The van der Waals surface area contributed by atoms with Crippen LogP contribution in [0.3, 0.4) is 0 Å². The van der Waals surface area contributed by atoms with Gasteiger partial charge in [-0.15, -0.1) is 0 Å². The smallest absolute Gasteiger partial charge is 0.349 e. The van der Waals surface area contributed by atoms with E-state index in [-0.39, 0.29) is 11.0 Å². The van der Waals surface area contributed by atoms with Crippen molar-refractivity contribution in [3.05, 3.63) is 11.1 Å². The zero-order valence-electron chi connectivity index (χ0n) is 11.2. The largest absolute Gasteiger partial charge is 0.550 e. The fraction of sp³-hybridized carbons (Fsp3) is 0.692. The molecular formula is C13H18ClO4-. The Kier molecular flexibility index (Phi) is 3.82. The van der Waals surface area contributed by atoms with E-state index < -0.39 is 28.9 Å². The number of ether oxygens (including phenoxy) is 1. The summed E-state index contributed by atoms with van der Waals surface area (Å²) in [6.45, 7) is 8.81. The molecule has 1 aliphatic carbocycles. The van der Waals surface area contributed by atoms with E-state index in [0.29, 0.717) is 0 Å². The predicted molar refractivity (Wildman–Crippen MR) is 65.5 cm³/mol. The molecule has 0 radical (unpaired) electrons. The van der Waals surface area contributed by atoms with E-state index in [4.69, 9.17) is 16.3 Å². The van der Waals surface area contributed by atoms with E-state index in [1.165, 1.54) is 6.08 Å². The molecule has 1 rings (SSSR count). The number of hydrogen-bond acceptors (Lipinski definition) is 4. The normalized spacial score (nSPS) is 26.7. The lowest BCUT2D eigenvalue weighted by molar-refractivity contribution is -0.309. The summed E-state index contributed by atoms with van der Waals surface area (Å²) in [5.74, 6) is -2.64. The van der Waals surface area contributed by atoms with Crippen molar-refractivity contribution in [3.63, 3.8) is 0 Å². The molecule has 1 aliphatic rings. The number of carboxylic acids is 1. The molecule has 102 valence electrons. The molecule has 0 aliphatic heterocycles. The second kappa shape index (κ2) is 4.57. The number of hydrogen-bond donors (Lipinski definition) is 0. The first-order chi connectivity index (χ1) is 7.97. The Balaban J connectivity index is 2.74. The Morgan fingerprint density at radius 2 is 1.83 bits per heavy atom. The summed E-state index contributed by atoms with van der Waals surface area (Å²) < 4.78 is 5.09. The van der Waals surface area contributed by atoms with E-state index in [0.717, 1.165) is 0 Å². The molecule has 0 aromatic rings. The number of aliphatic carboxylic acids is 1. The van der Waals surface area contributed by atoms with Gasteiger partial charge in [-0.2, -0.15) is 0 Å². The van der Waals surface area contributed by atoms with Crippen molar-refractivity contribution in [3.8, 4) is 0 Å². The van der Waals surface area contributed by atoms with Crippen molar-refractivity contribution in [1.29, 1.82) is 0 Å². The van der Waals surface area contributed by atoms with Crippen molar-refractivity contribution in [2.75, 3.05) is 0 Å². The summed E-state index contributed by atoms with van der Waals surface area (Å²) in [5.41, 5.74) is -1.06. The van der Waals surface area contributed by atoms with Crippen LogP contribution in [0.15, 0.2) is 11.1 Å². The maximum Gasteiger partial charge on any atom is 0.349 e. The number of carboxylic acid groups (broad SMARTS) is 1. The molecule has 0 spiro atoms. The van der Waals surface area contributed by atoms with Gasteiger partial charge in [-0.25, -0.2) is 4.79 Å². The molecule has 1 fully saturated rings. The highest BCUT2D eigenvalue weighted by atomic mass is 35.5. The molecule has 0 aromatic carbocycles. The van der Waals surface area contributed by atoms with Crippen LogP contribution in [-0.4, -0.2) is 17.5 Å². The molecule has 1 saturated carbocycles. The van der Waals surface area contributed by atoms with Gasteiger partial charge in [0.1, 0.15) is 10.6 Å². The van der Waals surface area contributed by atoms with Crippen LogP contribution in [0.4, 0.5) is 0 Å². The maximum absolute atomic E-state index is 11.6. The third kappa shape index (κ3) is 3.25. The number of allylic oxidation sites excluding steroid dienone is 1. The summed E-state index contributed by atoms with van der Waals surface area (Å²) in [6, 6.07) is 0. The van der Waals surface area contributed by atoms with E-state index in [1.807, 2.05) is 0 Å². The van der Waals surface area contributed by atoms with Crippen LogP contribution in [-0.2, 0) is 14.3 Å². The third-order valence-electron chi connectivity index (χ3n) is 3.08. The number of carbonyl (C=O) groups excluding carboxylic acids is 2. The van der Waals surface area contributed by atoms with Gasteiger partial charge in [0.05, 0.1) is 0 Å². The first-order valence-corrected chi connectivity index (χ1v) is 6.16.